The topological polar surface area (TPSA) is 47.6 Å². The zero-order chi connectivity index (χ0) is 18.4. The van der Waals surface area contributed by atoms with Crippen molar-refractivity contribution in [1.82, 2.24) is 15.5 Å². The Labute approximate surface area is 152 Å². The van der Waals surface area contributed by atoms with Gasteiger partial charge in [-0.15, -0.1) is 0 Å². The van der Waals surface area contributed by atoms with Crippen LogP contribution in [0, 0.1) is 0 Å². The van der Waals surface area contributed by atoms with Gasteiger partial charge in [-0.1, -0.05) is 24.3 Å². The maximum absolute atomic E-state index is 12.1. The first-order valence-corrected chi connectivity index (χ1v) is 9.07. The molecule has 1 aliphatic heterocycles. The Morgan fingerprint density at radius 2 is 2.00 bits per heavy atom. The van der Waals surface area contributed by atoms with Gasteiger partial charge in [0.2, 0.25) is 5.91 Å². The Morgan fingerprint density at radius 1 is 1.32 bits per heavy atom. The van der Waals surface area contributed by atoms with E-state index >= 15 is 0 Å². The number of likely N-dealkylation sites (tertiary alicyclic amines) is 1. The highest BCUT2D eigenvalue weighted by atomic mass is 16.2. The molecular formula is C20H32N4O. The van der Waals surface area contributed by atoms with Gasteiger partial charge in [0.15, 0.2) is 0 Å². The molecule has 0 bridgehead atoms. The van der Waals surface area contributed by atoms with Gasteiger partial charge in [-0.05, 0) is 38.0 Å². The van der Waals surface area contributed by atoms with Crippen LogP contribution in [-0.2, 0) is 4.79 Å². The van der Waals surface area contributed by atoms with E-state index in [4.69, 9.17) is 0 Å². The predicted molar refractivity (Wildman–Crippen MR) is 106 cm³/mol. The van der Waals surface area contributed by atoms with Gasteiger partial charge in [0.05, 0.1) is 6.04 Å². The standard InChI is InChI=1S/C20H32N4O/c1-15(2)24-14-17(13-19(24)20(25)21-3)22-12-6-7-16-8-10-18(11-9-16)23(4)5/h6-11,15,17,19,22H,12-14H2,1-5H3,(H,21,25)/b7-6+/t17-,19-/m0/s1. The number of benzene rings is 1. The first kappa shape index (κ1) is 19.5. The second-order valence-electron chi connectivity index (χ2n) is 7.15. The van der Waals surface area contributed by atoms with Crippen molar-refractivity contribution in [3.8, 4) is 0 Å². The molecule has 1 aliphatic rings. The van der Waals surface area contributed by atoms with Gasteiger partial charge in [0, 0.05) is 52.0 Å². The second kappa shape index (κ2) is 9.02. The molecule has 0 aliphatic carbocycles. The van der Waals surface area contributed by atoms with Crippen LogP contribution in [-0.4, -0.2) is 63.2 Å². The monoisotopic (exact) mass is 344 g/mol. The molecule has 2 N–H and O–H groups in total. The van der Waals surface area contributed by atoms with Gasteiger partial charge >= 0.3 is 0 Å². The number of likely N-dealkylation sites (N-methyl/N-ethyl adjacent to an activating group) is 1. The molecule has 1 aromatic carbocycles. The fourth-order valence-corrected chi connectivity index (χ4v) is 3.32. The fraction of sp³-hybridized carbons (Fsp3) is 0.550. The number of carbonyl (C=O) groups excluding carboxylic acids is 1. The quantitative estimate of drug-likeness (QED) is 0.794. The van der Waals surface area contributed by atoms with Crippen LogP contribution in [0.2, 0.25) is 0 Å². The maximum Gasteiger partial charge on any atom is 0.237 e. The summed E-state index contributed by atoms with van der Waals surface area (Å²) in [5.74, 6) is 0.120. The van der Waals surface area contributed by atoms with Crippen molar-refractivity contribution in [2.45, 2.75) is 38.4 Å². The Morgan fingerprint density at radius 3 is 2.56 bits per heavy atom. The SMILES string of the molecule is CNC(=O)[C@@H]1C[C@H](NC/C=C/c2ccc(N(C)C)cc2)CN1C(C)C. The number of rotatable bonds is 7. The number of hydrogen-bond donors (Lipinski definition) is 2. The van der Waals surface area contributed by atoms with Gasteiger partial charge in [-0.3, -0.25) is 9.69 Å². The van der Waals surface area contributed by atoms with Crippen LogP contribution in [0.25, 0.3) is 6.08 Å². The van der Waals surface area contributed by atoms with E-state index in [9.17, 15) is 4.79 Å². The molecule has 5 nitrogen and oxygen atoms in total. The molecule has 1 saturated heterocycles. The number of nitrogens with zero attached hydrogens (tertiary/aromatic N) is 2. The van der Waals surface area contributed by atoms with Crippen LogP contribution in [0.3, 0.4) is 0 Å². The maximum atomic E-state index is 12.1. The van der Waals surface area contributed by atoms with Gasteiger partial charge in [-0.2, -0.15) is 0 Å². The average molecular weight is 345 g/mol. The minimum atomic E-state index is -0.0231. The highest BCUT2D eigenvalue weighted by Gasteiger charge is 2.37. The summed E-state index contributed by atoms with van der Waals surface area (Å²) in [4.78, 5) is 16.4. The molecule has 0 unspecified atom stereocenters. The van der Waals surface area contributed by atoms with E-state index in [0.29, 0.717) is 12.1 Å². The molecule has 1 fully saturated rings. The zero-order valence-electron chi connectivity index (χ0n) is 16.1. The third-order valence-electron chi connectivity index (χ3n) is 4.80. The van der Waals surface area contributed by atoms with Gasteiger partial charge in [0.1, 0.15) is 0 Å². The van der Waals surface area contributed by atoms with Crippen LogP contribution >= 0.6 is 0 Å². The molecule has 2 rings (SSSR count). The summed E-state index contributed by atoms with van der Waals surface area (Å²) in [7, 11) is 5.80. The van der Waals surface area contributed by atoms with Crippen molar-refractivity contribution in [3.05, 3.63) is 35.9 Å². The van der Waals surface area contributed by atoms with Crippen molar-refractivity contribution < 1.29 is 4.79 Å². The lowest BCUT2D eigenvalue weighted by molar-refractivity contribution is -0.125. The van der Waals surface area contributed by atoms with Crippen LogP contribution in [0.4, 0.5) is 5.69 Å². The van der Waals surface area contributed by atoms with Crippen molar-refractivity contribution in [2.24, 2.45) is 0 Å². The molecular weight excluding hydrogens is 312 g/mol. The number of amides is 1. The van der Waals surface area contributed by atoms with E-state index in [1.165, 1.54) is 11.3 Å². The number of hydrogen-bond acceptors (Lipinski definition) is 4. The molecule has 5 heteroatoms. The van der Waals surface area contributed by atoms with E-state index in [2.05, 4.69) is 70.7 Å². The molecule has 1 aromatic rings. The Hall–Kier alpha value is -1.85. The normalized spacial score (nSPS) is 21.2. The third-order valence-corrected chi connectivity index (χ3v) is 4.80. The van der Waals surface area contributed by atoms with Crippen LogP contribution in [0.1, 0.15) is 25.8 Å². The van der Waals surface area contributed by atoms with E-state index in [-0.39, 0.29) is 11.9 Å². The molecule has 138 valence electrons. The van der Waals surface area contributed by atoms with Crippen molar-refractivity contribution in [2.75, 3.05) is 39.1 Å². The van der Waals surface area contributed by atoms with Crippen molar-refractivity contribution >= 4 is 17.7 Å². The second-order valence-corrected chi connectivity index (χ2v) is 7.15. The van der Waals surface area contributed by atoms with Crippen LogP contribution < -0.4 is 15.5 Å². The summed E-state index contributed by atoms with van der Waals surface area (Å²) in [5.41, 5.74) is 2.40. The first-order valence-electron chi connectivity index (χ1n) is 9.07. The van der Waals surface area contributed by atoms with E-state index in [1.807, 2.05) is 14.1 Å². The van der Waals surface area contributed by atoms with Crippen molar-refractivity contribution in [3.63, 3.8) is 0 Å². The molecule has 1 amide bonds. The lowest BCUT2D eigenvalue weighted by Gasteiger charge is -2.26. The van der Waals surface area contributed by atoms with Gasteiger partial charge < -0.3 is 15.5 Å². The summed E-state index contributed by atoms with van der Waals surface area (Å²) in [6.07, 6.45) is 5.15. The summed E-state index contributed by atoms with van der Waals surface area (Å²) in [6.45, 7) is 6.03. The third kappa shape index (κ3) is 5.31. The molecule has 1 heterocycles. The Bertz CT molecular complexity index is 580. The molecule has 0 radical (unpaired) electrons. The van der Waals surface area contributed by atoms with Gasteiger partial charge in [-0.25, -0.2) is 0 Å². The molecule has 0 saturated carbocycles. The highest BCUT2D eigenvalue weighted by Crippen LogP contribution is 2.21. The largest absolute Gasteiger partial charge is 0.378 e. The summed E-state index contributed by atoms with van der Waals surface area (Å²) in [6, 6.07) is 9.21. The van der Waals surface area contributed by atoms with E-state index in [1.54, 1.807) is 7.05 Å². The van der Waals surface area contributed by atoms with E-state index in [0.717, 1.165) is 19.5 Å². The summed E-state index contributed by atoms with van der Waals surface area (Å²) in [5, 5.41) is 6.35. The number of anilines is 1. The van der Waals surface area contributed by atoms with Gasteiger partial charge in [0.25, 0.3) is 0 Å². The smallest absolute Gasteiger partial charge is 0.237 e. The minimum absolute atomic E-state index is 0.0231. The lowest BCUT2D eigenvalue weighted by Crippen LogP contribution is -2.45. The molecule has 0 aromatic heterocycles. The minimum Gasteiger partial charge on any atom is -0.378 e. The molecule has 0 spiro atoms. The highest BCUT2D eigenvalue weighted by molar-refractivity contribution is 5.81. The fourth-order valence-electron chi connectivity index (χ4n) is 3.32. The van der Waals surface area contributed by atoms with Crippen LogP contribution in [0.5, 0.6) is 0 Å². The molecule has 25 heavy (non-hydrogen) atoms. The Kier molecular flexibility index (Phi) is 7.02. The summed E-state index contributed by atoms with van der Waals surface area (Å²) < 4.78 is 0. The molecule has 2 atom stereocenters. The zero-order valence-corrected chi connectivity index (χ0v) is 16.1. The number of nitrogens with one attached hydrogen (secondary N) is 2. The lowest BCUT2D eigenvalue weighted by atomic mass is 10.1. The summed E-state index contributed by atoms with van der Waals surface area (Å²) >= 11 is 0. The van der Waals surface area contributed by atoms with E-state index < -0.39 is 0 Å². The van der Waals surface area contributed by atoms with Crippen LogP contribution in [0.15, 0.2) is 30.3 Å². The predicted octanol–water partition coefficient (Wildman–Crippen LogP) is 1.95. The first-order chi connectivity index (χ1) is 11.9. The average Bonchev–Trinajstić information content (AvgIpc) is 3.03. The number of carbonyl (C=O) groups is 1. The Balaban J connectivity index is 1.84. The van der Waals surface area contributed by atoms with Crippen molar-refractivity contribution in [1.29, 1.82) is 0 Å².